The van der Waals surface area contributed by atoms with Crippen molar-refractivity contribution in [1.29, 1.82) is 0 Å². The van der Waals surface area contributed by atoms with Crippen molar-refractivity contribution in [2.75, 3.05) is 19.7 Å². The highest BCUT2D eigenvalue weighted by Gasteiger charge is 2.30. The highest BCUT2D eigenvalue weighted by atomic mass is 16.7. The fourth-order valence-electron chi connectivity index (χ4n) is 5.67. The summed E-state index contributed by atoms with van der Waals surface area (Å²) in [5.74, 6) is 0.858. The number of fused-ring (bicyclic) bond motifs is 1. The van der Waals surface area contributed by atoms with Crippen LogP contribution in [0.2, 0.25) is 0 Å². The lowest BCUT2D eigenvalue weighted by atomic mass is 10.0. The van der Waals surface area contributed by atoms with Gasteiger partial charge in [0.2, 0.25) is 0 Å². The van der Waals surface area contributed by atoms with Gasteiger partial charge in [0.05, 0.1) is 6.04 Å². The molecule has 0 spiro atoms. The standard InChI is InChI=1S/C37H39NO7/c39-36(40)12-6-7-22-38(33-26-44-35-24-31(45-37(41)42)19-20-32(33)35)23-21-30-10-4-5-11-34(30)43-25-29-17-15-28(16-18-29)14-13-27-8-2-1-3-9-27/h1-5,8-11,15-20,24,33H,6-7,12-14,21-23,25-26H2,(H,39,40)(H,41,42). The second-order valence-electron chi connectivity index (χ2n) is 11.2. The van der Waals surface area contributed by atoms with Crippen molar-refractivity contribution in [2.45, 2.75) is 51.2 Å². The Morgan fingerprint density at radius 2 is 1.49 bits per heavy atom. The second-order valence-corrected chi connectivity index (χ2v) is 11.2. The summed E-state index contributed by atoms with van der Waals surface area (Å²) in [6.07, 6.45) is 2.82. The Labute approximate surface area is 263 Å². The normalized spacial score (nSPS) is 13.7. The Morgan fingerprint density at radius 1 is 0.778 bits per heavy atom. The number of para-hydroxylation sites is 1. The molecule has 0 aromatic heterocycles. The van der Waals surface area contributed by atoms with Gasteiger partial charge in [-0.25, -0.2) is 4.79 Å². The average molecular weight is 610 g/mol. The third kappa shape index (κ3) is 9.33. The maximum absolute atomic E-state index is 11.1. The van der Waals surface area contributed by atoms with Crippen molar-refractivity contribution in [3.05, 3.63) is 125 Å². The molecule has 1 atom stereocenters. The number of hydrogen-bond donors (Lipinski definition) is 2. The van der Waals surface area contributed by atoms with Gasteiger partial charge in [0.15, 0.2) is 0 Å². The van der Waals surface area contributed by atoms with Crippen LogP contribution in [0.3, 0.4) is 0 Å². The molecule has 234 valence electrons. The number of hydrogen-bond acceptors (Lipinski definition) is 6. The van der Waals surface area contributed by atoms with E-state index in [0.29, 0.717) is 38.5 Å². The minimum atomic E-state index is -1.37. The Morgan fingerprint density at radius 3 is 2.24 bits per heavy atom. The van der Waals surface area contributed by atoms with Gasteiger partial charge in [0, 0.05) is 24.6 Å². The van der Waals surface area contributed by atoms with E-state index in [1.165, 1.54) is 11.1 Å². The lowest BCUT2D eigenvalue weighted by Gasteiger charge is -2.28. The molecule has 2 N–H and O–H groups in total. The molecule has 0 amide bonds. The van der Waals surface area contributed by atoms with E-state index < -0.39 is 12.1 Å². The molecule has 0 saturated heterocycles. The third-order valence-corrected chi connectivity index (χ3v) is 8.08. The second kappa shape index (κ2) is 15.8. The molecule has 45 heavy (non-hydrogen) atoms. The summed E-state index contributed by atoms with van der Waals surface area (Å²) < 4.78 is 17.0. The summed E-state index contributed by atoms with van der Waals surface area (Å²) in [5, 5.41) is 18.1. The lowest BCUT2D eigenvalue weighted by molar-refractivity contribution is -0.137. The predicted octanol–water partition coefficient (Wildman–Crippen LogP) is 7.34. The number of carboxylic acid groups (broad SMARTS) is 2. The van der Waals surface area contributed by atoms with Crippen LogP contribution in [0.25, 0.3) is 0 Å². The molecule has 0 saturated carbocycles. The van der Waals surface area contributed by atoms with Gasteiger partial charge in [-0.1, -0.05) is 72.8 Å². The van der Waals surface area contributed by atoms with Crippen molar-refractivity contribution in [1.82, 2.24) is 4.90 Å². The van der Waals surface area contributed by atoms with E-state index in [1.54, 1.807) is 12.1 Å². The summed E-state index contributed by atoms with van der Waals surface area (Å²) in [6.45, 7) is 2.31. The summed E-state index contributed by atoms with van der Waals surface area (Å²) in [6, 6.07) is 32.2. The van der Waals surface area contributed by atoms with Crippen molar-refractivity contribution >= 4 is 12.1 Å². The molecule has 1 unspecified atom stereocenters. The Hall–Kier alpha value is -4.82. The first kappa shape index (κ1) is 31.6. The van der Waals surface area contributed by atoms with Gasteiger partial charge in [0.25, 0.3) is 0 Å². The highest BCUT2D eigenvalue weighted by Crippen LogP contribution is 2.39. The van der Waals surface area contributed by atoms with Gasteiger partial charge in [-0.05, 0) is 79.1 Å². The van der Waals surface area contributed by atoms with E-state index >= 15 is 0 Å². The van der Waals surface area contributed by atoms with Gasteiger partial charge in [-0.2, -0.15) is 0 Å². The zero-order valence-corrected chi connectivity index (χ0v) is 25.3. The Balaban J connectivity index is 1.20. The molecule has 4 aromatic carbocycles. The fraction of sp³-hybridized carbons (Fsp3) is 0.297. The summed E-state index contributed by atoms with van der Waals surface area (Å²) in [5.41, 5.74) is 5.80. The minimum Gasteiger partial charge on any atom is -0.491 e. The number of nitrogens with zero attached hydrogens (tertiary/aromatic N) is 1. The van der Waals surface area contributed by atoms with Crippen LogP contribution in [0, 0.1) is 0 Å². The van der Waals surface area contributed by atoms with E-state index in [0.717, 1.165) is 48.1 Å². The zero-order valence-electron chi connectivity index (χ0n) is 25.3. The molecule has 4 aromatic rings. The zero-order chi connectivity index (χ0) is 31.4. The molecular weight excluding hydrogens is 570 g/mol. The quantitative estimate of drug-likeness (QED) is 0.0772. The number of rotatable bonds is 16. The first-order valence-electron chi connectivity index (χ1n) is 15.4. The Kier molecular flexibility index (Phi) is 11.1. The summed E-state index contributed by atoms with van der Waals surface area (Å²) in [4.78, 5) is 24.4. The number of unbranched alkanes of at least 4 members (excludes halogenated alkanes) is 1. The van der Waals surface area contributed by atoms with Crippen LogP contribution in [0.15, 0.2) is 97.1 Å². The summed E-state index contributed by atoms with van der Waals surface area (Å²) >= 11 is 0. The smallest absolute Gasteiger partial charge is 0.491 e. The Bertz CT molecular complexity index is 1560. The molecule has 1 heterocycles. The number of carbonyl (C=O) groups is 2. The van der Waals surface area contributed by atoms with Crippen LogP contribution in [0.1, 0.15) is 53.1 Å². The van der Waals surface area contributed by atoms with E-state index in [-0.39, 0.29) is 18.2 Å². The van der Waals surface area contributed by atoms with Gasteiger partial charge >= 0.3 is 12.1 Å². The van der Waals surface area contributed by atoms with Crippen LogP contribution >= 0.6 is 0 Å². The predicted molar refractivity (Wildman–Crippen MR) is 171 cm³/mol. The van der Waals surface area contributed by atoms with E-state index in [4.69, 9.17) is 24.4 Å². The van der Waals surface area contributed by atoms with Crippen LogP contribution in [0.5, 0.6) is 17.2 Å². The third-order valence-electron chi connectivity index (χ3n) is 8.08. The molecule has 1 aliphatic rings. The van der Waals surface area contributed by atoms with Crippen LogP contribution < -0.4 is 14.2 Å². The minimum absolute atomic E-state index is 0.0443. The average Bonchev–Trinajstić information content (AvgIpc) is 3.46. The van der Waals surface area contributed by atoms with Gasteiger partial charge < -0.3 is 24.4 Å². The van der Waals surface area contributed by atoms with Crippen molar-refractivity contribution in [3.8, 4) is 17.2 Å². The van der Waals surface area contributed by atoms with E-state index in [1.807, 2.05) is 30.3 Å². The molecular formula is C37H39NO7. The van der Waals surface area contributed by atoms with E-state index in [9.17, 15) is 9.59 Å². The largest absolute Gasteiger partial charge is 0.511 e. The van der Waals surface area contributed by atoms with E-state index in [2.05, 4.69) is 59.5 Å². The maximum atomic E-state index is 11.1. The molecule has 8 heteroatoms. The van der Waals surface area contributed by atoms with Gasteiger partial charge in [-0.15, -0.1) is 0 Å². The highest BCUT2D eigenvalue weighted by molar-refractivity contribution is 5.66. The number of benzene rings is 4. The molecule has 0 bridgehead atoms. The molecule has 8 nitrogen and oxygen atoms in total. The first-order valence-corrected chi connectivity index (χ1v) is 15.4. The van der Waals surface area contributed by atoms with Gasteiger partial charge in [0.1, 0.15) is 30.5 Å². The number of aryl methyl sites for hydroxylation is 2. The summed E-state index contributed by atoms with van der Waals surface area (Å²) in [7, 11) is 0. The number of ether oxygens (including phenoxy) is 3. The lowest BCUT2D eigenvalue weighted by Crippen LogP contribution is -2.33. The molecule has 0 radical (unpaired) electrons. The van der Waals surface area contributed by atoms with Gasteiger partial charge in [-0.3, -0.25) is 9.69 Å². The topological polar surface area (TPSA) is 106 Å². The molecule has 0 fully saturated rings. The first-order chi connectivity index (χ1) is 21.9. The van der Waals surface area contributed by atoms with Crippen molar-refractivity contribution in [3.63, 3.8) is 0 Å². The van der Waals surface area contributed by atoms with Crippen LogP contribution in [-0.2, 0) is 30.7 Å². The van der Waals surface area contributed by atoms with Crippen LogP contribution in [0.4, 0.5) is 4.79 Å². The molecule has 5 rings (SSSR count). The van der Waals surface area contributed by atoms with Crippen LogP contribution in [-0.4, -0.2) is 46.9 Å². The molecule has 0 aliphatic carbocycles. The van der Waals surface area contributed by atoms with Crippen molar-refractivity contribution < 1.29 is 34.0 Å². The molecule has 1 aliphatic heterocycles. The maximum Gasteiger partial charge on any atom is 0.511 e. The SMILES string of the molecule is O=C(O)CCCCN(CCc1ccccc1OCc1ccc(CCc2ccccc2)cc1)C1COc2cc(OC(=O)O)ccc21. The number of aliphatic carboxylic acids is 1. The fourth-order valence-corrected chi connectivity index (χ4v) is 5.67. The number of carboxylic acids is 1. The van der Waals surface area contributed by atoms with Crippen molar-refractivity contribution in [2.24, 2.45) is 0 Å². The monoisotopic (exact) mass is 609 g/mol.